The molecule has 104 valence electrons. The maximum atomic E-state index is 11.7. The molecular weight excluding hydrogens is 264 g/mol. The Morgan fingerprint density at radius 1 is 1.32 bits per heavy atom. The first-order valence-corrected chi connectivity index (χ1v) is 7.98. The molecule has 19 heavy (non-hydrogen) atoms. The van der Waals surface area contributed by atoms with E-state index < -0.39 is 10.0 Å². The summed E-state index contributed by atoms with van der Waals surface area (Å²) in [4.78, 5) is 13.2. The first-order chi connectivity index (χ1) is 8.93. The summed E-state index contributed by atoms with van der Waals surface area (Å²) in [5.74, 6) is 0.203. The molecule has 0 unspecified atom stereocenters. The first kappa shape index (κ1) is 13.9. The quantitative estimate of drug-likeness (QED) is 0.915. The SMILES string of the molecule is CCCS(=O)(=O)Nc1ccc2c(c1)CCC(=O)N2C. The predicted molar refractivity (Wildman–Crippen MR) is 75.9 cm³/mol. The lowest BCUT2D eigenvalue weighted by Crippen LogP contribution is -2.31. The van der Waals surface area contributed by atoms with Gasteiger partial charge in [0.25, 0.3) is 0 Å². The number of rotatable bonds is 4. The van der Waals surface area contributed by atoms with Gasteiger partial charge in [0.1, 0.15) is 0 Å². The van der Waals surface area contributed by atoms with Gasteiger partial charge in [-0.15, -0.1) is 0 Å². The number of nitrogens with one attached hydrogen (secondary N) is 1. The molecule has 5 nitrogen and oxygen atoms in total. The molecule has 1 aliphatic heterocycles. The van der Waals surface area contributed by atoms with E-state index in [0.29, 0.717) is 24.9 Å². The molecule has 0 aliphatic carbocycles. The Morgan fingerprint density at radius 2 is 2.05 bits per heavy atom. The Hall–Kier alpha value is -1.56. The fourth-order valence-electron chi connectivity index (χ4n) is 2.22. The van der Waals surface area contributed by atoms with E-state index in [4.69, 9.17) is 0 Å². The second kappa shape index (κ2) is 5.21. The zero-order valence-corrected chi connectivity index (χ0v) is 12.0. The molecule has 0 radical (unpaired) electrons. The minimum atomic E-state index is -3.27. The van der Waals surface area contributed by atoms with Crippen LogP contribution >= 0.6 is 0 Å². The number of carbonyl (C=O) groups is 1. The van der Waals surface area contributed by atoms with E-state index in [1.54, 1.807) is 24.1 Å². The van der Waals surface area contributed by atoms with E-state index in [-0.39, 0.29) is 11.7 Å². The highest BCUT2D eigenvalue weighted by Gasteiger charge is 2.21. The van der Waals surface area contributed by atoms with E-state index in [1.807, 2.05) is 13.0 Å². The first-order valence-electron chi connectivity index (χ1n) is 6.33. The number of fused-ring (bicyclic) bond motifs is 1. The van der Waals surface area contributed by atoms with E-state index in [9.17, 15) is 13.2 Å². The van der Waals surface area contributed by atoms with Gasteiger partial charge >= 0.3 is 0 Å². The average molecular weight is 282 g/mol. The van der Waals surface area contributed by atoms with Crippen LogP contribution in [-0.4, -0.2) is 27.1 Å². The van der Waals surface area contributed by atoms with Gasteiger partial charge in [0.05, 0.1) is 5.75 Å². The molecule has 0 bridgehead atoms. The third-order valence-corrected chi connectivity index (χ3v) is 4.66. The number of amides is 1. The Labute approximate surface area is 113 Å². The van der Waals surface area contributed by atoms with Gasteiger partial charge in [0.15, 0.2) is 0 Å². The van der Waals surface area contributed by atoms with Crippen molar-refractivity contribution in [1.29, 1.82) is 0 Å². The van der Waals surface area contributed by atoms with Crippen LogP contribution in [0.2, 0.25) is 0 Å². The van der Waals surface area contributed by atoms with Crippen LogP contribution in [0.1, 0.15) is 25.3 Å². The van der Waals surface area contributed by atoms with Crippen LogP contribution in [0.3, 0.4) is 0 Å². The topological polar surface area (TPSA) is 66.5 Å². The standard InChI is InChI=1S/C13H18N2O3S/c1-3-8-19(17,18)14-11-5-6-12-10(9-11)4-7-13(16)15(12)2/h5-6,9,14H,3-4,7-8H2,1-2H3. The summed E-state index contributed by atoms with van der Waals surface area (Å²) < 4.78 is 26.0. The lowest BCUT2D eigenvalue weighted by molar-refractivity contribution is -0.118. The molecule has 1 aromatic carbocycles. The minimum Gasteiger partial charge on any atom is -0.315 e. The van der Waals surface area contributed by atoms with Crippen molar-refractivity contribution in [2.75, 3.05) is 22.4 Å². The van der Waals surface area contributed by atoms with Crippen LogP contribution in [0.15, 0.2) is 18.2 Å². The number of benzene rings is 1. The van der Waals surface area contributed by atoms with Crippen molar-refractivity contribution in [2.45, 2.75) is 26.2 Å². The van der Waals surface area contributed by atoms with Gasteiger partial charge in [-0.2, -0.15) is 0 Å². The Balaban J connectivity index is 2.25. The fraction of sp³-hybridized carbons (Fsp3) is 0.462. The maximum Gasteiger partial charge on any atom is 0.232 e. The van der Waals surface area contributed by atoms with Gasteiger partial charge in [0.2, 0.25) is 15.9 Å². The molecule has 1 N–H and O–H groups in total. The Morgan fingerprint density at radius 3 is 2.74 bits per heavy atom. The summed E-state index contributed by atoms with van der Waals surface area (Å²) in [5, 5.41) is 0. The van der Waals surface area contributed by atoms with Crippen molar-refractivity contribution in [3.63, 3.8) is 0 Å². The molecule has 0 saturated carbocycles. The Kier molecular flexibility index (Phi) is 3.80. The highest BCUT2D eigenvalue weighted by molar-refractivity contribution is 7.92. The third-order valence-electron chi connectivity index (χ3n) is 3.17. The lowest BCUT2D eigenvalue weighted by atomic mass is 10.0. The van der Waals surface area contributed by atoms with Crippen LogP contribution in [-0.2, 0) is 21.2 Å². The number of nitrogens with zero attached hydrogens (tertiary/aromatic N) is 1. The van der Waals surface area contributed by atoms with Crippen LogP contribution in [0, 0.1) is 0 Å². The molecule has 1 heterocycles. The van der Waals surface area contributed by atoms with Crippen LogP contribution < -0.4 is 9.62 Å². The molecule has 1 aliphatic rings. The van der Waals surface area contributed by atoms with Crippen molar-refractivity contribution < 1.29 is 13.2 Å². The molecule has 6 heteroatoms. The molecule has 0 spiro atoms. The zero-order valence-electron chi connectivity index (χ0n) is 11.1. The largest absolute Gasteiger partial charge is 0.315 e. The van der Waals surface area contributed by atoms with Crippen molar-refractivity contribution in [2.24, 2.45) is 0 Å². The van der Waals surface area contributed by atoms with Gasteiger partial charge in [-0.05, 0) is 36.6 Å². The van der Waals surface area contributed by atoms with E-state index >= 15 is 0 Å². The maximum absolute atomic E-state index is 11.7. The molecule has 0 fully saturated rings. The number of sulfonamides is 1. The van der Waals surface area contributed by atoms with E-state index in [0.717, 1.165) is 11.3 Å². The second-order valence-corrected chi connectivity index (χ2v) is 6.56. The van der Waals surface area contributed by atoms with E-state index in [2.05, 4.69) is 4.72 Å². The van der Waals surface area contributed by atoms with Crippen LogP contribution in [0.25, 0.3) is 0 Å². The third kappa shape index (κ3) is 3.07. The van der Waals surface area contributed by atoms with Gasteiger partial charge in [0, 0.05) is 24.8 Å². The average Bonchev–Trinajstić information content (AvgIpc) is 2.33. The van der Waals surface area contributed by atoms with Crippen LogP contribution in [0.4, 0.5) is 11.4 Å². The van der Waals surface area contributed by atoms with Gasteiger partial charge in [-0.1, -0.05) is 6.92 Å². The molecular formula is C13H18N2O3S. The van der Waals surface area contributed by atoms with Crippen LogP contribution in [0.5, 0.6) is 0 Å². The predicted octanol–water partition coefficient (Wildman–Crippen LogP) is 1.75. The van der Waals surface area contributed by atoms with Crippen molar-refractivity contribution >= 4 is 27.3 Å². The summed E-state index contributed by atoms with van der Waals surface area (Å²) in [5.41, 5.74) is 2.42. The number of carbonyl (C=O) groups excluding carboxylic acids is 1. The van der Waals surface area contributed by atoms with Crippen molar-refractivity contribution in [1.82, 2.24) is 0 Å². The highest BCUT2D eigenvalue weighted by atomic mass is 32.2. The Bertz CT molecular complexity index is 596. The smallest absolute Gasteiger partial charge is 0.232 e. The van der Waals surface area contributed by atoms with Gasteiger partial charge in [-0.3, -0.25) is 9.52 Å². The summed E-state index contributed by atoms with van der Waals surface area (Å²) in [6.07, 6.45) is 1.70. The highest BCUT2D eigenvalue weighted by Crippen LogP contribution is 2.29. The number of hydrogen-bond donors (Lipinski definition) is 1. The normalized spacial score (nSPS) is 15.3. The minimum absolute atomic E-state index is 0.0896. The van der Waals surface area contributed by atoms with Gasteiger partial charge < -0.3 is 4.90 Å². The molecule has 0 saturated heterocycles. The molecule has 0 aromatic heterocycles. The monoisotopic (exact) mass is 282 g/mol. The number of hydrogen-bond acceptors (Lipinski definition) is 3. The van der Waals surface area contributed by atoms with Crippen molar-refractivity contribution in [3.8, 4) is 0 Å². The summed E-state index contributed by atoms with van der Waals surface area (Å²) >= 11 is 0. The second-order valence-electron chi connectivity index (χ2n) is 4.72. The molecule has 1 aromatic rings. The lowest BCUT2D eigenvalue weighted by Gasteiger charge is -2.26. The number of aryl methyl sites for hydroxylation is 1. The van der Waals surface area contributed by atoms with Crippen molar-refractivity contribution in [3.05, 3.63) is 23.8 Å². The molecule has 1 amide bonds. The molecule has 2 rings (SSSR count). The number of anilines is 2. The summed E-state index contributed by atoms with van der Waals surface area (Å²) in [6, 6.07) is 5.29. The summed E-state index contributed by atoms with van der Waals surface area (Å²) in [7, 11) is -1.53. The van der Waals surface area contributed by atoms with E-state index in [1.165, 1.54) is 0 Å². The fourth-order valence-corrected chi connectivity index (χ4v) is 3.35. The summed E-state index contributed by atoms with van der Waals surface area (Å²) in [6.45, 7) is 1.83. The molecule has 0 atom stereocenters. The van der Waals surface area contributed by atoms with Gasteiger partial charge in [-0.25, -0.2) is 8.42 Å². The zero-order chi connectivity index (χ0) is 14.0.